The van der Waals surface area contributed by atoms with Crippen LogP contribution in [-0.4, -0.2) is 35.7 Å². The van der Waals surface area contributed by atoms with Gasteiger partial charge in [0.25, 0.3) is 20.2 Å². The van der Waals surface area contributed by atoms with Crippen molar-refractivity contribution in [2.45, 2.75) is 9.79 Å². The molecule has 0 aliphatic carbocycles. The average molecular weight is 394 g/mol. The number of hydrogen-bond donors (Lipinski definition) is 4. The van der Waals surface area contributed by atoms with Crippen molar-refractivity contribution in [1.29, 1.82) is 0 Å². The molecule has 0 aliphatic heterocycles. The Morgan fingerprint density at radius 1 is 0.792 bits per heavy atom. The van der Waals surface area contributed by atoms with Crippen LogP contribution in [-0.2, 0) is 24.8 Å². The zero-order valence-corrected chi connectivity index (χ0v) is 14.2. The zero-order valence-electron chi connectivity index (χ0n) is 11.6. The van der Waals surface area contributed by atoms with E-state index in [-0.39, 0.29) is 5.56 Å². The van der Waals surface area contributed by atoms with Gasteiger partial charge in [-0.2, -0.15) is 16.8 Å². The van der Waals surface area contributed by atoms with Crippen molar-refractivity contribution in [3.05, 3.63) is 42.5 Å². The van der Waals surface area contributed by atoms with Gasteiger partial charge in [-0.15, -0.1) is 0 Å². The summed E-state index contributed by atoms with van der Waals surface area (Å²) < 4.78 is 76.0. The van der Waals surface area contributed by atoms with E-state index in [2.05, 4.69) is 0 Å². The molecule has 0 unspecified atom stereocenters. The molecule has 2 aromatic carbocycles. The lowest BCUT2D eigenvalue weighted by atomic mass is 10.1. The average Bonchev–Trinajstić information content (AvgIpc) is 2.44. The largest absolute Gasteiger partial charge is 0.356 e. The molecule has 0 spiro atoms. The Labute approximate surface area is 137 Å². The predicted molar refractivity (Wildman–Crippen MR) is 83.2 cm³/mol. The highest BCUT2D eigenvalue weighted by Gasteiger charge is 2.26. The highest BCUT2D eigenvalue weighted by atomic mass is 32.2. The molecular weight excluding hydrogens is 383 g/mol. The molecule has 0 bridgehead atoms. The smallest absolute Gasteiger partial charge is 0.321 e. The topological polar surface area (TPSA) is 166 Å². The van der Waals surface area contributed by atoms with Crippen LogP contribution < -0.4 is 5.30 Å². The number of benzene rings is 2. The molecule has 0 atom stereocenters. The minimum Gasteiger partial charge on any atom is -0.321 e. The van der Waals surface area contributed by atoms with E-state index in [4.69, 9.17) is 0 Å². The molecule has 12 heteroatoms. The lowest BCUT2D eigenvalue weighted by Crippen LogP contribution is -2.09. The van der Waals surface area contributed by atoms with Crippen LogP contribution in [0.15, 0.2) is 52.3 Å². The van der Waals surface area contributed by atoms with E-state index in [1.807, 2.05) is 0 Å². The Balaban J connectivity index is 2.95. The van der Waals surface area contributed by atoms with Crippen molar-refractivity contribution < 1.29 is 40.3 Å². The zero-order chi connectivity index (χ0) is 18.3. The fourth-order valence-electron chi connectivity index (χ4n) is 2.07. The third-order valence-corrected chi connectivity index (χ3v) is 5.76. The van der Waals surface area contributed by atoms with E-state index < -0.39 is 48.5 Å². The normalized spacial score (nSPS) is 13.0. The molecule has 0 saturated heterocycles. The molecule has 0 radical (unpaired) electrons. The van der Waals surface area contributed by atoms with E-state index in [9.17, 15) is 40.3 Å². The molecule has 4 N–H and O–H groups in total. The van der Waals surface area contributed by atoms with Crippen LogP contribution in [0.2, 0.25) is 0 Å². The summed E-state index contributed by atoms with van der Waals surface area (Å²) in [6.45, 7) is 0. The van der Waals surface area contributed by atoms with Crippen molar-refractivity contribution in [2.75, 3.05) is 0 Å². The lowest BCUT2D eigenvalue weighted by molar-refractivity contribution is 0.387. The molecular formula is C12H11O9PS2. The molecule has 0 aliphatic rings. The summed E-state index contributed by atoms with van der Waals surface area (Å²) >= 11 is 0. The molecule has 0 heterocycles. The van der Waals surface area contributed by atoms with Gasteiger partial charge in [-0.1, -0.05) is 18.2 Å². The summed E-state index contributed by atoms with van der Waals surface area (Å²) in [4.78, 5) is 16.7. The van der Waals surface area contributed by atoms with E-state index in [1.165, 1.54) is 6.07 Å². The van der Waals surface area contributed by atoms with Crippen molar-refractivity contribution in [3.63, 3.8) is 0 Å². The fourth-order valence-corrected chi connectivity index (χ4v) is 4.19. The summed E-state index contributed by atoms with van der Waals surface area (Å²) in [5.74, 6) is 0. The van der Waals surface area contributed by atoms with Crippen LogP contribution in [0.1, 0.15) is 0 Å². The van der Waals surface area contributed by atoms with Crippen LogP contribution in [0.5, 0.6) is 0 Å². The second kappa shape index (κ2) is 6.05. The SMILES string of the molecule is O=P(O)(O)c1cccc(-c2c(S(=O)(=O)O)cccc2S(=O)(=O)O)c1. The summed E-state index contributed by atoms with van der Waals surface area (Å²) in [5.41, 5.74) is -0.825. The van der Waals surface area contributed by atoms with Crippen molar-refractivity contribution in [1.82, 2.24) is 0 Å². The molecule has 24 heavy (non-hydrogen) atoms. The first-order valence-electron chi connectivity index (χ1n) is 6.06. The van der Waals surface area contributed by atoms with Gasteiger partial charge in [0.15, 0.2) is 0 Å². The lowest BCUT2D eigenvalue weighted by Gasteiger charge is -2.13. The maximum absolute atomic E-state index is 11.5. The molecule has 2 rings (SSSR count). The standard InChI is InChI=1S/C12H11O9PS2/c13-22(14,15)9-4-1-3-8(7-9)12-10(23(16,17)18)5-2-6-11(12)24(19,20)21/h1-7H,(H2,13,14,15)(H,16,17,18)(H,19,20,21). The summed E-state index contributed by atoms with van der Waals surface area (Å²) in [5, 5.41) is -0.494. The van der Waals surface area contributed by atoms with Crippen molar-refractivity contribution in [3.8, 4) is 11.1 Å². The van der Waals surface area contributed by atoms with Crippen LogP contribution in [0.3, 0.4) is 0 Å². The van der Waals surface area contributed by atoms with Gasteiger partial charge >= 0.3 is 7.60 Å². The molecule has 130 valence electrons. The molecule has 0 saturated carbocycles. The molecule has 0 amide bonds. The van der Waals surface area contributed by atoms with Gasteiger partial charge in [0.2, 0.25) is 0 Å². The maximum Gasteiger partial charge on any atom is 0.356 e. The van der Waals surface area contributed by atoms with E-state index in [1.54, 1.807) is 0 Å². The monoisotopic (exact) mass is 394 g/mol. The molecule has 0 aromatic heterocycles. The Bertz CT molecular complexity index is 1000. The first kappa shape index (κ1) is 18.7. The second-order valence-electron chi connectivity index (χ2n) is 4.67. The molecule has 0 fully saturated rings. The minimum atomic E-state index is -4.88. The number of rotatable bonds is 4. The molecule has 2 aromatic rings. The highest BCUT2D eigenvalue weighted by molar-refractivity contribution is 7.87. The summed E-state index contributed by atoms with van der Waals surface area (Å²) in [6, 6.07) is 7.05. The Morgan fingerprint density at radius 3 is 1.67 bits per heavy atom. The van der Waals surface area contributed by atoms with Gasteiger partial charge in [0.05, 0.1) is 5.30 Å². The first-order chi connectivity index (χ1) is 10.8. The fraction of sp³-hybridized carbons (Fsp3) is 0. The maximum atomic E-state index is 11.5. The van der Waals surface area contributed by atoms with Crippen LogP contribution in [0.4, 0.5) is 0 Å². The van der Waals surface area contributed by atoms with Crippen LogP contribution in [0, 0.1) is 0 Å². The summed E-state index contributed by atoms with van der Waals surface area (Å²) in [6.07, 6.45) is 0. The van der Waals surface area contributed by atoms with E-state index >= 15 is 0 Å². The van der Waals surface area contributed by atoms with Gasteiger partial charge in [0, 0.05) is 5.56 Å². The van der Waals surface area contributed by atoms with Gasteiger partial charge in [-0.05, 0) is 29.8 Å². The minimum absolute atomic E-state index is 0.225. The predicted octanol–water partition coefficient (Wildman–Crippen LogP) is 0.650. The number of hydrogen-bond acceptors (Lipinski definition) is 5. The van der Waals surface area contributed by atoms with Crippen LogP contribution in [0.25, 0.3) is 11.1 Å². The van der Waals surface area contributed by atoms with Crippen LogP contribution >= 0.6 is 7.60 Å². The van der Waals surface area contributed by atoms with Crippen molar-refractivity contribution >= 4 is 33.1 Å². The highest BCUT2D eigenvalue weighted by Crippen LogP contribution is 2.37. The molecule has 9 nitrogen and oxygen atoms in total. The first-order valence-corrected chi connectivity index (χ1v) is 10.6. The Kier molecular flexibility index (Phi) is 4.72. The Morgan fingerprint density at radius 2 is 1.25 bits per heavy atom. The van der Waals surface area contributed by atoms with Gasteiger partial charge in [-0.3, -0.25) is 13.7 Å². The van der Waals surface area contributed by atoms with Gasteiger partial charge in [0.1, 0.15) is 9.79 Å². The second-order valence-corrected chi connectivity index (χ2v) is 9.06. The Hall–Kier alpha value is -1.59. The quantitative estimate of drug-likeness (QED) is 0.430. The summed E-state index contributed by atoms with van der Waals surface area (Å²) in [7, 11) is -14.5. The van der Waals surface area contributed by atoms with E-state index in [0.29, 0.717) is 0 Å². The third-order valence-electron chi connectivity index (χ3n) is 3.01. The van der Waals surface area contributed by atoms with Gasteiger partial charge in [-0.25, -0.2) is 0 Å². The van der Waals surface area contributed by atoms with Crippen molar-refractivity contribution in [2.24, 2.45) is 0 Å². The van der Waals surface area contributed by atoms with E-state index in [0.717, 1.165) is 36.4 Å². The third kappa shape index (κ3) is 3.90. The van der Waals surface area contributed by atoms with Gasteiger partial charge < -0.3 is 9.79 Å².